The van der Waals surface area contributed by atoms with E-state index in [2.05, 4.69) is 30.6 Å². The summed E-state index contributed by atoms with van der Waals surface area (Å²) in [6, 6.07) is 12.5. The molecular weight excluding hydrogens is 254 g/mol. The van der Waals surface area contributed by atoms with Gasteiger partial charge in [-0.15, -0.1) is 11.3 Å². The zero-order valence-electron chi connectivity index (χ0n) is 11.6. The number of hydrogen-bond acceptors (Lipinski definition) is 3. The fourth-order valence-electron chi connectivity index (χ4n) is 1.93. The maximum atomic E-state index is 5.87. The first-order chi connectivity index (χ1) is 9.29. The van der Waals surface area contributed by atoms with Gasteiger partial charge in [0.1, 0.15) is 12.4 Å². The van der Waals surface area contributed by atoms with E-state index in [4.69, 9.17) is 4.74 Å². The van der Waals surface area contributed by atoms with Crippen LogP contribution in [0, 0.1) is 6.92 Å². The van der Waals surface area contributed by atoms with Gasteiger partial charge in [0.25, 0.3) is 0 Å². The fourth-order valence-corrected chi connectivity index (χ4v) is 2.69. The van der Waals surface area contributed by atoms with Gasteiger partial charge in [-0.25, -0.2) is 0 Å². The molecule has 1 aromatic carbocycles. The van der Waals surface area contributed by atoms with Gasteiger partial charge in [-0.2, -0.15) is 0 Å². The summed E-state index contributed by atoms with van der Waals surface area (Å²) in [6.45, 7) is 6.00. The van der Waals surface area contributed by atoms with Crippen molar-refractivity contribution in [3.8, 4) is 5.75 Å². The minimum atomic E-state index is 0.269. The molecule has 0 saturated carbocycles. The SMILES string of the molecule is CCCNC(COc1ccccc1)c1csc(C)c1. The van der Waals surface area contributed by atoms with Crippen molar-refractivity contribution in [1.82, 2.24) is 5.32 Å². The van der Waals surface area contributed by atoms with E-state index in [0.29, 0.717) is 6.61 Å². The molecule has 0 radical (unpaired) electrons. The van der Waals surface area contributed by atoms with Gasteiger partial charge in [0.2, 0.25) is 0 Å². The van der Waals surface area contributed by atoms with Crippen molar-refractivity contribution < 1.29 is 4.74 Å². The molecule has 0 spiro atoms. The average Bonchev–Trinajstić information content (AvgIpc) is 2.86. The lowest BCUT2D eigenvalue weighted by Gasteiger charge is -2.18. The largest absolute Gasteiger partial charge is 0.492 e. The maximum Gasteiger partial charge on any atom is 0.119 e. The Morgan fingerprint density at radius 1 is 1.26 bits per heavy atom. The second-order valence-corrected chi connectivity index (χ2v) is 5.74. The van der Waals surface area contributed by atoms with E-state index >= 15 is 0 Å². The molecule has 2 rings (SSSR count). The Labute approximate surface area is 119 Å². The van der Waals surface area contributed by atoms with Crippen LogP contribution in [-0.4, -0.2) is 13.2 Å². The van der Waals surface area contributed by atoms with E-state index in [-0.39, 0.29) is 6.04 Å². The molecule has 102 valence electrons. The smallest absolute Gasteiger partial charge is 0.119 e. The summed E-state index contributed by atoms with van der Waals surface area (Å²) < 4.78 is 5.87. The molecule has 0 amide bonds. The molecule has 3 heteroatoms. The lowest BCUT2D eigenvalue weighted by molar-refractivity contribution is 0.266. The molecule has 0 bridgehead atoms. The summed E-state index contributed by atoms with van der Waals surface area (Å²) in [7, 11) is 0. The van der Waals surface area contributed by atoms with E-state index in [1.165, 1.54) is 10.4 Å². The molecule has 2 aromatic rings. The van der Waals surface area contributed by atoms with E-state index in [9.17, 15) is 0 Å². The van der Waals surface area contributed by atoms with Gasteiger partial charge >= 0.3 is 0 Å². The predicted molar refractivity (Wildman–Crippen MR) is 82.0 cm³/mol. The Morgan fingerprint density at radius 3 is 2.68 bits per heavy atom. The van der Waals surface area contributed by atoms with E-state index in [1.807, 2.05) is 30.3 Å². The number of benzene rings is 1. The molecule has 0 aliphatic heterocycles. The van der Waals surface area contributed by atoms with Crippen LogP contribution in [0.2, 0.25) is 0 Å². The molecule has 1 aromatic heterocycles. The Kier molecular flexibility index (Phi) is 5.43. The third kappa shape index (κ3) is 4.37. The van der Waals surface area contributed by atoms with Crippen LogP contribution in [0.5, 0.6) is 5.75 Å². The highest BCUT2D eigenvalue weighted by atomic mass is 32.1. The molecule has 19 heavy (non-hydrogen) atoms. The Hall–Kier alpha value is -1.32. The number of ether oxygens (including phenoxy) is 1. The molecule has 1 atom stereocenters. The Bertz CT molecular complexity index is 481. The van der Waals surface area contributed by atoms with Gasteiger partial charge in [0.15, 0.2) is 0 Å². The second kappa shape index (κ2) is 7.31. The summed E-state index contributed by atoms with van der Waals surface area (Å²) in [6.07, 6.45) is 1.13. The predicted octanol–water partition coefficient (Wildman–Crippen LogP) is 4.18. The summed E-state index contributed by atoms with van der Waals surface area (Å²) in [5.41, 5.74) is 1.33. The summed E-state index contributed by atoms with van der Waals surface area (Å²) in [5.74, 6) is 0.928. The summed E-state index contributed by atoms with van der Waals surface area (Å²) >= 11 is 1.79. The van der Waals surface area contributed by atoms with Crippen LogP contribution < -0.4 is 10.1 Å². The molecule has 0 saturated heterocycles. The minimum Gasteiger partial charge on any atom is -0.492 e. The number of hydrogen-bond donors (Lipinski definition) is 1. The monoisotopic (exact) mass is 275 g/mol. The van der Waals surface area contributed by atoms with Crippen molar-refractivity contribution in [1.29, 1.82) is 0 Å². The highest BCUT2D eigenvalue weighted by Gasteiger charge is 2.12. The van der Waals surface area contributed by atoms with Gasteiger partial charge in [-0.05, 0) is 49.0 Å². The number of rotatable bonds is 7. The van der Waals surface area contributed by atoms with Gasteiger partial charge in [-0.3, -0.25) is 0 Å². The summed E-state index contributed by atoms with van der Waals surface area (Å²) in [4.78, 5) is 1.35. The molecule has 2 nitrogen and oxygen atoms in total. The third-order valence-electron chi connectivity index (χ3n) is 2.95. The van der Waals surface area contributed by atoms with Crippen molar-refractivity contribution in [3.05, 3.63) is 52.2 Å². The topological polar surface area (TPSA) is 21.3 Å². The van der Waals surface area contributed by atoms with E-state index in [1.54, 1.807) is 11.3 Å². The Morgan fingerprint density at radius 2 is 2.05 bits per heavy atom. The van der Waals surface area contributed by atoms with Crippen LogP contribution >= 0.6 is 11.3 Å². The number of aryl methyl sites for hydroxylation is 1. The van der Waals surface area contributed by atoms with Crippen molar-refractivity contribution in [3.63, 3.8) is 0 Å². The highest BCUT2D eigenvalue weighted by Crippen LogP contribution is 2.21. The lowest BCUT2D eigenvalue weighted by Crippen LogP contribution is -2.27. The van der Waals surface area contributed by atoms with Gasteiger partial charge in [-0.1, -0.05) is 25.1 Å². The first-order valence-electron chi connectivity index (χ1n) is 6.76. The molecule has 1 N–H and O–H groups in total. The van der Waals surface area contributed by atoms with E-state index in [0.717, 1.165) is 18.7 Å². The first-order valence-corrected chi connectivity index (χ1v) is 7.64. The van der Waals surface area contributed by atoms with Crippen LogP contribution in [0.15, 0.2) is 41.8 Å². The quantitative estimate of drug-likeness (QED) is 0.818. The molecule has 0 aliphatic carbocycles. The van der Waals surface area contributed by atoms with Crippen LogP contribution in [0.4, 0.5) is 0 Å². The highest BCUT2D eigenvalue weighted by molar-refractivity contribution is 7.10. The molecule has 0 fully saturated rings. The maximum absolute atomic E-state index is 5.87. The number of thiophene rings is 1. The Balaban J connectivity index is 1.98. The van der Waals surface area contributed by atoms with E-state index < -0.39 is 0 Å². The zero-order valence-corrected chi connectivity index (χ0v) is 12.4. The molecule has 1 heterocycles. The van der Waals surface area contributed by atoms with Crippen molar-refractivity contribution in [2.24, 2.45) is 0 Å². The van der Waals surface area contributed by atoms with Gasteiger partial charge in [0, 0.05) is 4.88 Å². The van der Waals surface area contributed by atoms with Crippen molar-refractivity contribution >= 4 is 11.3 Å². The van der Waals surface area contributed by atoms with Crippen LogP contribution in [0.25, 0.3) is 0 Å². The van der Waals surface area contributed by atoms with Gasteiger partial charge < -0.3 is 10.1 Å². The van der Waals surface area contributed by atoms with Crippen molar-refractivity contribution in [2.45, 2.75) is 26.3 Å². The third-order valence-corrected chi connectivity index (χ3v) is 3.83. The molecule has 0 aliphatic rings. The van der Waals surface area contributed by atoms with Crippen molar-refractivity contribution in [2.75, 3.05) is 13.2 Å². The number of nitrogens with one attached hydrogen (secondary N) is 1. The number of para-hydroxylation sites is 1. The first kappa shape index (κ1) is 14.1. The van der Waals surface area contributed by atoms with Gasteiger partial charge in [0.05, 0.1) is 6.04 Å². The zero-order chi connectivity index (χ0) is 13.5. The summed E-state index contributed by atoms with van der Waals surface area (Å²) in [5, 5.41) is 5.77. The van der Waals surface area contributed by atoms with Crippen LogP contribution in [-0.2, 0) is 0 Å². The second-order valence-electron chi connectivity index (χ2n) is 4.62. The standard InChI is InChI=1S/C16H21NOS/c1-3-9-17-16(14-10-13(2)19-12-14)11-18-15-7-5-4-6-8-15/h4-8,10,12,16-17H,3,9,11H2,1-2H3. The lowest BCUT2D eigenvalue weighted by atomic mass is 10.1. The minimum absolute atomic E-state index is 0.269. The fraction of sp³-hybridized carbons (Fsp3) is 0.375. The molecule has 1 unspecified atom stereocenters. The normalized spacial score (nSPS) is 12.3. The molecular formula is C16H21NOS. The van der Waals surface area contributed by atoms with Crippen LogP contribution in [0.3, 0.4) is 0 Å². The van der Waals surface area contributed by atoms with Crippen LogP contribution in [0.1, 0.15) is 29.8 Å². The average molecular weight is 275 g/mol.